The van der Waals surface area contributed by atoms with Crippen LogP contribution in [0.25, 0.3) is 0 Å². The van der Waals surface area contributed by atoms with Gasteiger partial charge in [0.05, 0.1) is 32.0 Å². The van der Waals surface area contributed by atoms with E-state index in [0.717, 1.165) is 12.8 Å². The molecule has 0 radical (unpaired) electrons. The number of carbonyl (C=O) groups is 1. The zero-order valence-corrected chi connectivity index (χ0v) is 13.8. The summed E-state index contributed by atoms with van der Waals surface area (Å²) in [7, 11) is 1.61. The van der Waals surface area contributed by atoms with Gasteiger partial charge in [-0.1, -0.05) is 0 Å². The Morgan fingerprint density at radius 1 is 1.22 bits per heavy atom. The third-order valence-corrected chi connectivity index (χ3v) is 4.80. The quantitative estimate of drug-likeness (QED) is 0.528. The van der Waals surface area contributed by atoms with Crippen LogP contribution in [0.1, 0.15) is 25.7 Å². The lowest BCUT2D eigenvalue weighted by molar-refractivity contribution is -0.128. The number of amides is 1. The third-order valence-electron chi connectivity index (χ3n) is 4.80. The first kappa shape index (κ1) is 18.6. The molecule has 0 aromatic carbocycles. The van der Waals surface area contributed by atoms with Crippen LogP contribution in [-0.2, 0) is 19.0 Å². The van der Waals surface area contributed by atoms with Crippen molar-refractivity contribution in [3.63, 3.8) is 0 Å². The molecule has 2 aliphatic rings. The van der Waals surface area contributed by atoms with E-state index in [9.17, 15) is 15.0 Å². The van der Waals surface area contributed by atoms with Crippen molar-refractivity contribution in [2.45, 2.75) is 37.9 Å². The molecule has 0 aromatic heterocycles. The Kier molecular flexibility index (Phi) is 7.23. The van der Waals surface area contributed by atoms with Crippen LogP contribution < -0.4 is 5.32 Å². The molecule has 3 N–H and O–H groups in total. The summed E-state index contributed by atoms with van der Waals surface area (Å²) in [5.74, 6) is 0.0203. The van der Waals surface area contributed by atoms with Crippen molar-refractivity contribution in [3.05, 3.63) is 0 Å². The summed E-state index contributed by atoms with van der Waals surface area (Å²) < 4.78 is 15.8. The average molecular weight is 331 g/mol. The van der Waals surface area contributed by atoms with E-state index >= 15 is 0 Å². The van der Waals surface area contributed by atoms with Crippen molar-refractivity contribution in [3.8, 4) is 0 Å². The molecule has 7 heteroatoms. The van der Waals surface area contributed by atoms with Crippen LogP contribution in [0.3, 0.4) is 0 Å². The van der Waals surface area contributed by atoms with Gasteiger partial charge in [-0.05, 0) is 25.7 Å². The fourth-order valence-corrected chi connectivity index (χ4v) is 3.37. The molecule has 2 unspecified atom stereocenters. The third kappa shape index (κ3) is 5.39. The van der Waals surface area contributed by atoms with Gasteiger partial charge in [-0.2, -0.15) is 0 Å². The summed E-state index contributed by atoms with van der Waals surface area (Å²) >= 11 is 0. The van der Waals surface area contributed by atoms with Gasteiger partial charge < -0.3 is 29.7 Å². The largest absolute Gasteiger partial charge is 0.390 e. The number of rotatable bonds is 8. The van der Waals surface area contributed by atoms with Crippen molar-refractivity contribution in [1.82, 2.24) is 5.32 Å². The van der Waals surface area contributed by atoms with Gasteiger partial charge in [0.2, 0.25) is 5.91 Å². The van der Waals surface area contributed by atoms with Gasteiger partial charge in [-0.25, -0.2) is 0 Å². The summed E-state index contributed by atoms with van der Waals surface area (Å²) in [5, 5.41) is 22.8. The Bertz CT molecular complexity index is 362. The summed E-state index contributed by atoms with van der Waals surface area (Å²) in [5.41, 5.74) is -0.423. The minimum atomic E-state index is -0.763. The van der Waals surface area contributed by atoms with Crippen LogP contribution in [-0.4, -0.2) is 75.0 Å². The molecular weight excluding hydrogens is 302 g/mol. The molecule has 0 aromatic rings. The Morgan fingerprint density at radius 2 is 1.87 bits per heavy atom. The van der Waals surface area contributed by atoms with Crippen LogP contribution in [0, 0.1) is 11.3 Å². The zero-order valence-electron chi connectivity index (χ0n) is 13.8. The Balaban J connectivity index is 1.85. The number of ether oxygens (including phenoxy) is 3. The first-order valence-corrected chi connectivity index (χ1v) is 8.34. The van der Waals surface area contributed by atoms with Gasteiger partial charge in [-0.15, -0.1) is 0 Å². The van der Waals surface area contributed by atoms with Gasteiger partial charge >= 0.3 is 0 Å². The molecule has 0 spiro atoms. The standard InChI is InChI=1S/C16H29NO6/c1-21-6-7-23-11-16(8-13(18)14(19)9-16)10-17-15(20)12-2-4-22-5-3-12/h12-14,18-19H,2-11H2,1H3,(H,17,20). The maximum Gasteiger partial charge on any atom is 0.223 e. The molecule has 1 aliphatic heterocycles. The highest BCUT2D eigenvalue weighted by Crippen LogP contribution is 2.38. The minimum absolute atomic E-state index is 0.00791. The van der Waals surface area contributed by atoms with Crippen LogP contribution >= 0.6 is 0 Å². The molecule has 1 amide bonds. The fourth-order valence-electron chi connectivity index (χ4n) is 3.37. The molecule has 134 valence electrons. The zero-order chi connectivity index (χ0) is 16.7. The molecule has 1 heterocycles. The predicted octanol–water partition coefficient (Wildman–Crippen LogP) is -0.306. The van der Waals surface area contributed by atoms with E-state index in [4.69, 9.17) is 14.2 Å². The molecular formula is C16H29NO6. The normalized spacial score (nSPS) is 32.1. The highest BCUT2D eigenvalue weighted by molar-refractivity contribution is 5.78. The highest BCUT2D eigenvalue weighted by atomic mass is 16.5. The van der Waals surface area contributed by atoms with E-state index in [0.29, 0.717) is 52.4 Å². The van der Waals surface area contributed by atoms with Crippen molar-refractivity contribution < 1.29 is 29.2 Å². The first-order chi connectivity index (χ1) is 11.1. The second-order valence-electron chi connectivity index (χ2n) is 6.69. The van der Waals surface area contributed by atoms with E-state index in [2.05, 4.69) is 5.32 Å². The fraction of sp³-hybridized carbons (Fsp3) is 0.938. The molecule has 0 bridgehead atoms. The molecule has 1 saturated carbocycles. The molecule has 1 saturated heterocycles. The van der Waals surface area contributed by atoms with E-state index in [1.165, 1.54) is 0 Å². The molecule has 1 aliphatic carbocycles. The molecule has 2 fully saturated rings. The second kappa shape index (κ2) is 8.94. The number of hydrogen-bond donors (Lipinski definition) is 3. The smallest absolute Gasteiger partial charge is 0.223 e. The number of methoxy groups -OCH3 is 1. The van der Waals surface area contributed by atoms with Crippen LogP contribution in [0.4, 0.5) is 0 Å². The first-order valence-electron chi connectivity index (χ1n) is 8.34. The lowest BCUT2D eigenvalue weighted by Gasteiger charge is -2.30. The SMILES string of the molecule is COCCOCC1(CNC(=O)C2CCOCC2)CC(O)C(O)C1. The van der Waals surface area contributed by atoms with Crippen LogP contribution in [0.15, 0.2) is 0 Å². The number of aliphatic hydroxyl groups is 2. The van der Waals surface area contributed by atoms with Crippen molar-refractivity contribution in [2.24, 2.45) is 11.3 Å². The molecule has 2 atom stereocenters. The predicted molar refractivity (Wildman–Crippen MR) is 82.9 cm³/mol. The van der Waals surface area contributed by atoms with Crippen molar-refractivity contribution >= 4 is 5.91 Å². The number of carbonyl (C=O) groups excluding carboxylic acids is 1. The van der Waals surface area contributed by atoms with Crippen LogP contribution in [0.2, 0.25) is 0 Å². The number of aliphatic hydroxyl groups excluding tert-OH is 2. The van der Waals surface area contributed by atoms with Crippen molar-refractivity contribution in [1.29, 1.82) is 0 Å². The van der Waals surface area contributed by atoms with Crippen molar-refractivity contribution in [2.75, 3.05) is 46.7 Å². The Morgan fingerprint density at radius 3 is 2.48 bits per heavy atom. The van der Waals surface area contributed by atoms with E-state index in [-0.39, 0.29) is 11.8 Å². The van der Waals surface area contributed by atoms with E-state index in [1.807, 2.05) is 0 Å². The summed E-state index contributed by atoms with van der Waals surface area (Å²) in [6.07, 6.45) is 0.815. The Labute approximate surface area is 137 Å². The van der Waals surface area contributed by atoms with E-state index < -0.39 is 17.6 Å². The number of nitrogens with one attached hydrogen (secondary N) is 1. The summed E-state index contributed by atoms with van der Waals surface area (Å²) in [6.45, 7) is 3.00. The maximum absolute atomic E-state index is 12.3. The van der Waals surface area contributed by atoms with Gasteiger partial charge in [0, 0.05) is 38.2 Å². The average Bonchev–Trinajstić information content (AvgIpc) is 2.85. The summed E-state index contributed by atoms with van der Waals surface area (Å²) in [6, 6.07) is 0. The van der Waals surface area contributed by atoms with Gasteiger partial charge in [-0.3, -0.25) is 4.79 Å². The summed E-state index contributed by atoms with van der Waals surface area (Å²) in [4.78, 5) is 12.3. The maximum atomic E-state index is 12.3. The van der Waals surface area contributed by atoms with Gasteiger partial charge in [0.1, 0.15) is 0 Å². The topological polar surface area (TPSA) is 97.3 Å². The molecule has 2 rings (SSSR count). The monoisotopic (exact) mass is 331 g/mol. The minimum Gasteiger partial charge on any atom is -0.390 e. The Hall–Kier alpha value is -0.730. The lowest BCUT2D eigenvalue weighted by Crippen LogP contribution is -2.43. The lowest BCUT2D eigenvalue weighted by atomic mass is 9.86. The van der Waals surface area contributed by atoms with E-state index in [1.54, 1.807) is 7.11 Å². The molecule has 23 heavy (non-hydrogen) atoms. The van der Waals surface area contributed by atoms with Gasteiger partial charge in [0.25, 0.3) is 0 Å². The molecule has 7 nitrogen and oxygen atoms in total. The number of hydrogen-bond acceptors (Lipinski definition) is 6. The van der Waals surface area contributed by atoms with Gasteiger partial charge in [0.15, 0.2) is 0 Å². The van der Waals surface area contributed by atoms with Crippen LogP contribution in [0.5, 0.6) is 0 Å². The highest BCUT2D eigenvalue weighted by Gasteiger charge is 2.44. The second-order valence-corrected chi connectivity index (χ2v) is 6.69.